The van der Waals surface area contributed by atoms with E-state index < -0.39 is 6.04 Å². The van der Waals surface area contributed by atoms with Gasteiger partial charge in [-0.05, 0) is 41.0 Å². The molecule has 0 aliphatic rings. The minimum absolute atomic E-state index is 0.151. The number of amides is 2. The van der Waals surface area contributed by atoms with Gasteiger partial charge >= 0.3 is 0 Å². The third-order valence-corrected chi connectivity index (χ3v) is 5.37. The molecule has 0 saturated carbocycles. The molecule has 3 aromatic carbocycles. The minimum atomic E-state index is -0.757. The van der Waals surface area contributed by atoms with Crippen LogP contribution in [-0.4, -0.2) is 39.2 Å². The number of carbonyl (C=O) groups excluding carboxylic acids is 2. The van der Waals surface area contributed by atoms with Gasteiger partial charge in [-0.25, -0.2) is 0 Å². The maximum absolute atomic E-state index is 13.1. The van der Waals surface area contributed by atoms with Crippen LogP contribution in [0.5, 0.6) is 17.2 Å². The highest BCUT2D eigenvalue weighted by Gasteiger charge is 2.22. The molecule has 0 aromatic heterocycles. The molecule has 2 amide bonds. The van der Waals surface area contributed by atoms with E-state index in [2.05, 4.69) is 10.6 Å². The Labute approximate surface area is 200 Å². The van der Waals surface area contributed by atoms with Crippen molar-refractivity contribution >= 4 is 11.8 Å². The molecule has 0 heterocycles. The first-order valence-electron chi connectivity index (χ1n) is 11.0. The highest BCUT2D eigenvalue weighted by Crippen LogP contribution is 2.28. The molecule has 3 rings (SSSR count). The fraction of sp³-hybridized carbons (Fsp3) is 0.259. The summed E-state index contributed by atoms with van der Waals surface area (Å²) < 4.78 is 15.8. The predicted molar refractivity (Wildman–Crippen MR) is 130 cm³/mol. The summed E-state index contributed by atoms with van der Waals surface area (Å²) in [6, 6.07) is 21.6. The fourth-order valence-electron chi connectivity index (χ4n) is 3.53. The molecule has 34 heavy (non-hydrogen) atoms. The molecule has 0 aliphatic carbocycles. The Morgan fingerprint density at radius 2 is 1.44 bits per heavy atom. The molecule has 178 valence electrons. The zero-order chi connectivity index (χ0) is 24.3. The SMILES string of the molecule is COc1ccc(CC(=O)NC(Cc2ccc(OC)c(OC)c2)C(=O)NCc2ccccc2)cc1. The van der Waals surface area contributed by atoms with Crippen LogP contribution in [0.15, 0.2) is 72.8 Å². The van der Waals surface area contributed by atoms with E-state index in [-0.39, 0.29) is 18.2 Å². The highest BCUT2D eigenvalue weighted by atomic mass is 16.5. The molecule has 3 aromatic rings. The van der Waals surface area contributed by atoms with Gasteiger partial charge in [-0.1, -0.05) is 48.5 Å². The van der Waals surface area contributed by atoms with Crippen LogP contribution < -0.4 is 24.8 Å². The number of hydrogen-bond donors (Lipinski definition) is 2. The second kappa shape index (κ2) is 12.3. The van der Waals surface area contributed by atoms with E-state index in [0.717, 1.165) is 22.4 Å². The van der Waals surface area contributed by atoms with E-state index in [1.54, 1.807) is 39.5 Å². The third-order valence-electron chi connectivity index (χ3n) is 5.37. The summed E-state index contributed by atoms with van der Waals surface area (Å²) in [6.45, 7) is 0.371. The van der Waals surface area contributed by atoms with Crippen molar-refractivity contribution in [1.82, 2.24) is 10.6 Å². The number of hydrogen-bond acceptors (Lipinski definition) is 5. The molecule has 7 heteroatoms. The lowest BCUT2D eigenvalue weighted by atomic mass is 10.0. The first-order chi connectivity index (χ1) is 16.5. The fourth-order valence-corrected chi connectivity index (χ4v) is 3.53. The van der Waals surface area contributed by atoms with Gasteiger partial charge in [0.15, 0.2) is 11.5 Å². The van der Waals surface area contributed by atoms with E-state index in [0.29, 0.717) is 24.5 Å². The Morgan fingerprint density at radius 1 is 0.765 bits per heavy atom. The van der Waals surface area contributed by atoms with E-state index in [9.17, 15) is 9.59 Å². The van der Waals surface area contributed by atoms with Crippen molar-refractivity contribution in [2.24, 2.45) is 0 Å². The smallest absolute Gasteiger partial charge is 0.243 e. The van der Waals surface area contributed by atoms with Crippen molar-refractivity contribution in [3.8, 4) is 17.2 Å². The van der Waals surface area contributed by atoms with Crippen LogP contribution in [0.2, 0.25) is 0 Å². The lowest BCUT2D eigenvalue weighted by Gasteiger charge is -2.20. The summed E-state index contributed by atoms with van der Waals surface area (Å²) in [5.74, 6) is 1.37. The first kappa shape index (κ1) is 24.6. The van der Waals surface area contributed by atoms with Gasteiger partial charge in [-0.3, -0.25) is 9.59 Å². The summed E-state index contributed by atoms with van der Waals surface area (Å²) in [7, 11) is 4.72. The molecule has 0 fully saturated rings. The van der Waals surface area contributed by atoms with Crippen LogP contribution >= 0.6 is 0 Å². The van der Waals surface area contributed by atoms with Crippen LogP contribution in [0.4, 0.5) is 0 Å². The quantitative estimate of drug-likeness (QED) is 0.457. The Bertz CT molecular complexity index is 1080. The number of benzene rings is 3. The zero-order valence-corrected chi connectivity index (χ0v) is 19.7. The van der Waals surface area contributed by atoms with Crippen LogP contribution in [0.3, 0.4) is 0 Å². The van der Waals surface area contributed by atoms with Gasteiger partial charge in [-0.15, -0.1) is 0 Å². The Morgan fingerprint density at radius 3 is 2.09 bits per heavy atom. The third kappa shape index (κ3) is 7.00. The molecule has 7 nitrogen and oxygen atoms in total. The van der Waals surface area contributed by atoms with Crippen molar-refractivity contribution < 1.29 is 23.8 Å². The van der Waals surface area contributed by atoms with Crippen molar-refractivity contribution in [1.29, 1.82) is 0 Å². The van der Waals surface area contributed by atoms with Crippen molar-refractivity contribution in [3.63, 3.8) is 0 Å². The van der Waals surface area contributed by atoms with E-state index in [1.165, 1.54) is 0 Å². The molecule has 0 saturated heterocycles. The van der Waals surface area contributed by atoms with Crippen molar-refractivity contribution in [2.45, 2.75) is 25.4 Å². The Kier molecular flexibility index (Phi) is 8.91. The molecule has 0 bridgehead atoms. The number of rotatable bonds is 11. The highest BCUT2D eigenvalue weighted by molar-refractivity contribution is 5.88. The van der Waals surface area contributed by atoms with Crippen molar-refractivity contribution in [2.75, 3.05) is 21.3 Å². The summed E-state index contributed by atoms with van der Waals surface area (Å²) >= 11 is 0. The van der Waals surface area contributed by atoms with E-state index >= 15 is 0 Å². The largest absolute Gasteiger partial charge is 0.497 e. The molecular formula is C27H30N2O5. The van der Waals surface area contributed by atoms with Gasteiger partial charge in [0.1, 0.15) is 11.8 Å². The molecular weight excluding hydrogens is 432 g/mol. The molecule has 1 unspecified atom stereocenters. The van der Waals surface area contributed by atoms with Crippen LogP contribution in [0.1, 0.15) is 16.7 Å². The number of nitrogens with one attached hydrogen (secondary N) is 2. The molecule has 0 aliphatic heterocycles. The molecule has 1 atom stereocenters. The summed E-state index contributed by atoms with van der Waals surface area (Å²) in [6.07, 6.45) is 0.452. The van der Waals surface area contributed by atoms with Gasteiger partial charge in [0.2, 0.25) is 11.8 Å². The summed E-state index contributed by atoms with van der Waals surface area (Å²) in [5.41, 5.74) is 2.64. The second-order valence-corrected chi connectivity index (χ2v) is 7.74. The zero-order valence-electron chi connectivity index (χ0n) is 19.7. The Balaban J connectivity index is 1.73. The number of carbonyl (C=O) groups is 2. The van der Waals surface area contributed by atoms with Gasteiger partial charge in [0.05, 0.1) is 27.8 Å². The van der Waals surface area contributed by atoms with E-state index in [1.807, 2.05) is 54.6 Å². The average molecular weight is 463 g/mol. The second-order valence-electron chi connectivity index (χ2n) is 7.74. The summed E-state index contributed by atoms with van der Waals surface area (Å²) in [5, 5.41) is 5.82. The maximum Gasteiger partial charge on any atom is 0.243 e. The van der Waals surface area contributed by atoms with Crippen LogP contribution in [0.25, 0.3) is 0 Å². The average Bonchev–Trinajstić information content (AvgIpc) is 2.87. The van der Waals surface area contributed by atoms with Gasteiger partial charge in [0, 0.05) is 13.0 Å². The maximum atomic E-state index is 13.1. The standard InChI is InChI=1S/C27H30N2O5/c1-32-22-12-9-19(10-13-22)17-26(30)29-23(27(31)28-18-20-7-5-4-6-8-20)15-21-11-14-24(33-2)25(16-21)34-3/h4-14,16,23H,15,17-18H2,1-3H3,(H,28,31)(H,29,30). The van der Waals surface area contributed by atoms with Crippen LogP contribution in [0, 0.1) is 0 Å². The van der Waals surface area contributed by atoms with Gasteiger partial charge < -0.3 is 24.8 Å². The normalized spacial score (nSPS) is 11.3. The van der Waals surface area contributed by atoms with Crippen molar-refractivity contribution in [3.05, 3.63) is 89.5 Å². The Hall–Kier alpha value is -4.00. The van der Waals surface area contributed by atoms with Gasteiger partial charge in [0.25, 0.3) is 0 Å². The topological polar surface area (TPSA) is 85.9 Å². The molecule has 0 radical (unpaired) electrons. The molecule has 2 N–H and O–H groups in total. The minimum Gasteiger partial charge on any atom is -0.497 e. The van der Waals surface area contributed by atoms with Crippen LogP contribution in [-0.2, 0) is 29.0 Å². The first-order valence-corrected chi connectivity index (χ1v) is 11.0. The number of ether oxygens (including phenoxy) is 3. The lowest BCUT2D eigenvalue weighted by Crippen LogP contribution is -2.48. The molecule has 0 spiro atoms. The summed E-state index contributed by atoms with van der Waals surface area (Å²) in [4.78, 5) is 25.9. The van der Waals surface area contributed by atoms with Gasteiger partial charge in [-0.2, -0.15) is 0 Å². The predicted octanol–water partition coefficient (Wildman–Crippen LogP) is 3.30. The number of methoxy groups -OCH3 is 3. The van der Waals surface area contributed by atoms with E-state index in [4.69, 9.17) is 14.2 Å². The monoisotopic (exact) mass is 462 g/mol. The lowest BCUT2D eigenvalue weighted by molar-refractivity contribution is -0.128.